The Morgan fingerprint density at radius 3 is 2.44 bits per heavy atom. The number of hydrogen-bond acceptors (Lipinski definition) is 3. The standard InChI is InChI=1S/C13H22N2O/c1-11(2)5-9-16-10-6-13(14)12-3-7-15-8-4-12/h3-4,7-8,11,13H,5-6,9-10,14H2,1-2H3. The normalized spacial score (nSPS) is 13.0. The summed E-state index contributed by atoms with van der Waals surface area (Å²) in [5, 5.41) is 0. The van der Waals surface area contributed by atoms with Crippen molar-refractivity contribution >= 4 is 0 Å². The van der Waals surface area contributed by atoms with Gasteiger partial charge >= 0.3 is 0 Å². The van der Waals surface area contributed by atoms with Crippen LogP contribution in [0.15, 0.2) is 24.5 Å². The number of pyridine rings is 1. The predicted molar refractivity (Wildman–Crippen MR) is 66.1 cm³/mol. The number of nitrogens with two attached hydrogens (primary N) is 1. The van der Waals surface area contributed by atoms with Gasteiger partial charge < -0.3 is 10.5 Å². The molecule has 0 aromatic carbocycles. The van der Waals surface area contributed by atoms with Crippen LogP contribution in [-0.4, -0.2) is 18.2 Å². The fourth-order valence-corrected chi connectivity index (χ4v) is 1.41. The van der Waals surface area contributed by atoms with Crippen molar-refractivity contribution in [3.63, 3.8) is 0 Å². The van der Waals surface area contributed by atoms with Crippen LogP contribution >= 0.6 is 0 Å². The second-order valence-electron chi connectivity index (χ2n) is 4.47. The molecule has 3 nitrogen and oxygen atoms in total. The monoisotopic (exact) mass is 222 g/mol. The van der Waals surface area contributed by atoms with E-state index in [0.29, 0.717) is 5.92 Å². The van der Waals surface area contributed by atoms with Crippen LogP contribution < -0.4 is 5.73 Å². The first-order valence-corrected chi connectivity index (χ1v) is 5.93. The van der Waals surface area contributed by atoms with E-state index in [9.17, 15) is 0 Å². The van der Waals surface area contributed by atoms with Gasteiger partial charge in [-0.1, -0.05) is 13.8 Å². The average Bonchev–Trinajstić information content (AvgIpc) is 2.29. The third-order valence-electron chi connectivity index (χ3n) is 2.55. The Bertz CT molecular complexity index is 275. The van der Waals surface area contributed by atoms with E-state index in [1.807, 2.05) is 12.1 Å². The number of nitrogens with zero attached hydrogens (tertiary/aromatic N) is 1. The molecule has 2 N–H and O–H groups in total. The van der Waals surface area contributed by atoms with Gasteiger partial charge in [0, 0.05) is 31.6 Å². The molecule has 3 heteroatoms. The lowest BCUT2D eigenvalue weighted by Gasteiger charge is -2.12. The SMILES string of the molecule is CC(C)CCOCCC(N)c1ccncc1. The van der Waals surface area contributed by atoms with E-state index in [0.717, 1.165) is 31.6 Å². The number of hydrogen-bond donors (Lipinski definition) is 1. The molecule has 0 bridgehead atoms. The van der Waals surface area contributed by atoms with Crippen LogP contribution in [0.2, 0.25) is 0 Å². The lowest BCUT2D eigenvalue weighted by molar-refractivity contribution is 0.117. The summed E-state index contributed by atoms with van der Waals surface area (Å²) in [6.45, 7) is 5.97. The molecule has 1 rings (SSSR count). The highest BCUT2D eigenvalue weighted by atomic mass is 16.5. The Labute approximate surface area is 98.0 Å². The van der Waals surface area contributed by atoms with E-state index in [2.05, 4.69) is 18.8 Å². The van der Waals surface area contributed by atoms with Crippen molar-refractivity contribution in [3.8, 4) is 0 Å². The van der Waals surface area contributed by atoms with Crippen molar-refractivity contribution in [1.29, 1.82) is 0 Å². The van der Waals surface area contributed by atoms with E-state index < -0.39 is 0 Å². The predicted octanol–water partition coefficient (Wildman–Crippen LogP) is 2.53. The summed E-state index contributed by atoms with van der Waals surface area (Å²) in [5.41, 5.74) is 7.16. The molecule has 1 aromatic heterocycles. The van der Waals surface area contributed by atoms with E-state index in [-0.39, 0.29) is 6.04 Å². The summed E-state index contributed by atoms with van der Waals surface area (Å²) in [7, 11) is 0. The van der Waals surface area contributed by atoms with E-state index >= 15 is 0 Å². The fraction of sp³-hybridized carbons (Fsp3) is 0.615. The minimum atomic E-state index is 0.0575. The minimum Gasteiger partial charge on any atom is -0.381 e. The summed E-state index contributed by atoms with van der Waals surface area (Å²) in [4.78, 5) is 3.97. The minimum absolute atomic E-state index is 0.0575. The zero-order chi connectivity index (χ0) is 11.8. The Balaban J connectivity index is 2.14. The topological polar surface area (TPSA) is 48.1 Å². The number of ether oxygens (including phenoxy) is 1. The molecule has 0 saturated carbocycles. The maximum atomic E-state index is 6.03. The van der Waals surface area contributed by atoms with E-state index in [1.165, 1.54) is 0 Å². The molecule has 1 atom stereocenters. The van der Waals surface area contributed by atoms with Gasteiger partial charge in [0.2, 0.25) is 0 Å². The molecule has 1 unspecified atom stereocenters. The van der Waals surface area contributed by atoms with Gasteiger partial charge in [-0.05, 0) is 36.5 Å². The van der Waals surface area contributed by atoms with E-state index in [1.54, 1.807) is 12.4 Å². The maximum Gasteiger partial charge on any atom is 0.0484 e. The van der Waals surface area contributed by atoms with Crippen LogP contribution in [0.1, 0.15) is 38.3 Å². The van der Waals surface area contributed by atoms with Crippen LogP contribution in [-0.2, 0) is 4.74 Å². The molecular weight excluding hydrogens is 200 g/mol. The molecule has 1 aromatic rings. The molecule has 0 fully saturated rings. The first-order chi connectivity index (χ1) is 7.70. The second kappa shape index (κ2) is 7.36. The highest BCUT2D eigenvalue weighted by Gasteiger charge is 2.04. The Morgan fingerprint density at radius 1 is 1.19 bits per heavy atom. The zero-order valence-electron chi connectivity index (χ0n) is 10.2. The molecular formula is C13H22N2O. The van der Waals surface area contributed by atoms with Crippen molar-refractivity contribution in [2.45, 2.75) is 32.7 Å². The van der Waals surface area contributed by atoms with Gasteiger partial charge in [0.05, 0.1) is 0 Å². The quantitative estimate of drug-likeness (QED) is 0.721. The first-order valence-electron chi connectivity index (χ1n) is 5.93. The van der Waals surface area contributed by atoms with Gasteiger partial charge in [0.15, 0.2) is 0 Å². The van der Waals surface area contributed by atoms with Crippen molar-refractivity contribution < 1.29 is 4.74 Å². The van der Waals surface area contributed by atoms with Gasteiger partial charge in [0.25, 0.3) is 0 Å². The smallest absolute Gasteiger partial charge is 0.0484 e. The lowest BCUT2D eigenvalue weighted by Crippen LogP contribution is -2.13. The van der Waals surface area contributed by atoms with Crippen molar-refractivity contribution in [2.75, 3.05) is 13.2 Å². The molecule has 0 aliphatic heterocycles. The highest BCUT2D eigenvalue weighted by Crippen LogP contribution is 2.12. The van der Waals surface area contributed by atoms with Gasteiger partial charge in [-0.3, -0.25) is 4.98 Å². The fourth-order valence-electron chi connectivity index (χ4n) is 1.41. The van der Waals surface area contributed by atoms with Gasteiger partial charge in [-0.2, -0.15) is 0 Å². The third kappa shape index (κ3) is 5.24. The molecule has 90 valence electrons. The molecule has 1 heterocycles. The summed E-state index contributed by atoms with van der Waals surface area (Å²) in [6.07, 6.45) is 5.52. The lowest BCUT2D eigenvalue weighted by atomic mass is 10.1. The number of rotatable bonds is 7. The van der Waals surface area contributed by atoms with Gasteiger partial charge in [-0.25, -0.2) is 0 Å². The van der Waals surface area contributed by atoms with E-state index in [4.69, 9.17) is 10.5 Å². The third-order valence-corrected chi connectivity index (χ3v) is 2.55. The molecule has 0 aliphatic rings. The van der Waals surface area contributed by atoms with Crippen LogP contribution in [0.4, 0.5) is 0 Å². The van der Waals surface area contributed by atoms with Crippen molar-refractivity contribution in [1.82, 2.24) is 4.98 Å². The molecule has 16 heavy (non-hydrogen) atoms. The molecule has 0 radical (unpaired) electrons. The van der Waals surface area contributed by atoms with Gasteiger partial charge in [-0.15, -0.1) is 0 Å². The zero-order valence-corrected chi connectivity index (χ0v) is 10.2. The van der Waals surface area contributed by atoms with Crippen molar-refractivity contribution in [2.24, 2.45) is 11.7 Å². The molecule has 0 aliphatic carbocycles. The van der Waals surface area contributed by atoms with Crippen molar-refractivity contribution in [3.05, 3.63) is 30.1 Å². The van der Waals surface area contributed by atoms with Crippen LogP contribution in [0.3, 0.4) is 0 Å². The van der Waals surface area contributed by atoms with Crippen LogP contribution in [0.5, 0.6) is 0 Å². The first kappa shape index (κ1) is 13.1. The molecule has 0 saturated heterocycles. The summed E-state index contributed by atoms with van der Waals surface area (Å²) in [6, 6.07) is 3.97. The largest absolute Gasteiger partial charge is 0.381 e. The summed E-state index contributed by atoms with van der Waals surface area (Å²) < 4.78 is 5.54. The Morgan fingerprint density at radius 2 is 1.81 bits per heavy atom. The summed E-state index contributed by atoms with van der Waals surface area (Å²) in [5.74, 6) is 0.703. The van der Waals surface area contributed by atoms with Crippen LogP contribution in [0.25, 0.3) is 0 Å². The highest BCUT2D eigenvalue weighted by molar-refractivity contribution is 5.13. The molecule has 0 amide bonds. The Kier molecular flexibility index (Phi) is 6.04. The van der Waals surface area contributed by atoms with Crippen LogP contribution in [0, 0.1) is 5.92 Å². The van der Waals surface area contributed by atoms with Gasteiger partial charge in [0.1, 0.15) is 0 Å². The number of aromatic nitrogens is 1. The Hall–Kier alpha value is -0.930. The maximum absolute atomic E-state index is 6.03. The second-order valence-corrected chi connectivity index (χ2v) is 4.47. The molecule has 0 spiro atoms. The average molecular weight is 222 g/mol. The summed E-state index contributed by atoms with van der Waals surface area (Å²) >= 11 is 0.